The minimum Gasteiger partial charge on any atom is -0.366 e. The second-order valence-electron chi connectivity index (χ2n) is 4.22. The number of carbonyl (C=O) groups excluding carboxylic acids is 2. The molecular weight excluding hydrogens is 322 g/mol. The van der Waals surface area contributed by atoms with Crippen molar-refractivity contribution >= 4 is 33.4 Å². The summed E-state index contributed by atoms with van der Waals surface area (Å²) in [5.41, 5.74) is 7.45. The Morgan fingerprint density at radius 3 is 2.45 bits per heavy atom. The molecule has 0 fully saturated rings. The van der Waals surface area contributed by atoms with Crippen LogP contribution in [-0.2, 0) is 0 Å². The van der Waals surface area contributed by atoms with Gasteiger partial charge in [-0.2, -0.15) is 0 Å². The molecule has 0 aliphatic heterocycles. The van der Waals surface area contributed by atoms with E-state index in [2.05, 4.69) is 26.2 Å². The normalized spacial score (nSPS) is 10.1. The number of aromatic nitrogens is 1. The van der Waals surface area contributed by atoms with Crippen molar-refractivity contribution in [2.24, 2.45) is 5.73 Å². The van der Waals surface area contributed by atoms with Crippen LogP contribution < -0.4 is 11.1 Å². The van der Waals surface area contributed by atoms with Crippen LogP contribution >= 0.6 is 15.9 Å². The molecule has 0 bridgehead atoms. The lowest BCUT2D eigenvalue weighted by Gasteiger charge is -2.09. The molecule has 1 aromatic carbocycles. The van der Waals surface area contributed by atoms with Crippen molar-refractivity contribution in [1.29, 1.82) is 0 Å². The molecule has 2 amide bonds. The second-order valence-corrected chi connectivity index (χ2v) is 5.03. The minimum absolute atomic E-state index is 0.264. The molecule has 6 heteroatoms. The van der Waals surface area contributed by atoms with E-state index in [4.69, 9.17) is 5.73 Å². The van der Waals surface area contributed by atoms with E-state index in [0.29, 0.717) is 21.4 Å². The summed E-state index contributed by atoms with van der Waals surface area (Å²) in [6.45, 7) is 1.79. The molecule has 1 heterocycles. The molecule has 0 spiro atoms. The van der Waals surface area contributed by atoms with Crippen LogP contribution in [0.4, 0.5) is 5.69 Å². The highest BCUT2D eigenvalue weighted by molar-refractivity contribution is 9.10. The van der Waals surface area contributed by atoms with E-state index in [1.54, 1.807) is 37.3 Å². The van der Waals surface area contributed by atoms with Gasteiger partial charge < -0.3 is 11.1 Å². The average molecular weight is 334 g/mol. The van der Waals surface area contributed by atoms with Gasteiger partial charge in [0.2, 0.25) is 5.91 Å². The first kappa shape index (κ1) is 14.2. The fourth-order valence-corrected chi connectivity index (χ4v) is 1.90. The largest absolute Gasteiger partial charge is 0.366 e. The lowest BCUT2D eigenvalue weighted by Crippen LogP contribution is -2.14. The van der Waals surface area contributed by atoms with Crippen molar-refractivity contribution in [3.63, 3.8) is 0 Å². The van der Waals surface area contributed by atoms with Gasteiger partial charge in [0, 0.05) is 17.4 Å². The first-order chi connectivity index (χ1) is 9.47. The van der Waals surface area contributed by atoms with Gasteiger partial charge in [0.05, 0.1) is 5.56 Å². The average Bonchev–Trinajstić information content (AvgIpc) is 2.41. The third kappa shape index (κ3) is 3.21. The highest BCUT2D eigenvalue weighted by atomic mass is 79.9. The Balaban J connectivity index is 2.19. The van der Waals surface area contributed by atoms with Gasteiger partial charge in [-0.3, -0.25) is 9.59 Å². The van der Waals surface area contributed by atoms with E-state index >= 15 is 0 Å². The molecule has 5 nitrogen and oxygen atoms in total. The molecule has 0 aliphatic carbocycles. The number of anilines is 1. The Morgan fingerprint density at radius 1 is 1.20 bits per heavy atom. The van der Waals surface area contributed by atoms with Crippen molar-refractivity contribution < 1.29 is 9.59 Å². The molecule has 2 aromatic rings. The van der Waals surface area contributed by atoms with Crippen LogP contribution in [0.2, 0.25) is 0 Å². The molecule has 0 atom stereocenters. The number of nitrogens with one attached hydrogen (secondary N) is 1. The fraction of sp³-hybridized carbons (Fsp3) is 0.0714. The SMILES string of the molecule is Cc1cc(C(N)=O)ccc1NC(=O)c1ccc(Br)nc1. The number of rotatable bonds is 3. The number of aryl methyl sites for hydroxylation is 1. The van der Waals surface area contributed by atoms with Gasteiger partial charge in [-0.1, -0.05) is 0 Å². The first-order valence-corrected chi connectivity index (χ1v) is 6.60. The number of primary amides is 1. The number of amides is 2. The van der Waals surface area contributed by atoms with Crippen LogP contribution in [0, 0.1) is 6.92 Å². The summed E-state index contributed by atoms with van der Waals surface area (Å²) in [6, 6.07) is 8.22. The van der Waals surface area contributed by atoms with Crippen LogP contribution in [0.5, 0.6) is 0 Å². The summed E-state index contributed by atoms with van der Waals surface area (Å²) in [7, 11) is 0. The molecule has 3 N–H and O–H groups in total. The fourth-order valence-electron chi connectivity index (χ4n) is 1.66. The number of pyridine rings is 1. The van der Waals surface area contributed by atoms with Gasteiger partial charge in [0.1, 0.15) is 4.60 Å². The van der Waals surface area contributed by atoms with Crippen molar-refractivity contribution in [3.8, 4) is 0 Å². The van der Waals surface area contributed by atoms with Crippen LogP contribution in [-0.4, -0.2) is 16.8 Å². The van der Waals surface area contributed by atoms with Gasteiger partial charge in [-0.15, -0.1) is 0 Å². The van der Waals surface area contributed by atoms with E-state index in [1.807, 2.05) is 0 Å². The highest BCUT2D eigenvalue weighted by Crippen LogP contribution is 2.17. The number of hydrogen-bond acceptors (Lipinski definition) is 3. The van der Waals surface area contributed by atoms with Gasteiger partial charge in [-0.05, 0) is 58.7 Å². The van der Waals surface area contributed by atoms with Crippen molar-refractivity contribution in [1.82, 2.24) is 4.98 Å². The Labute approximate surface area is 124 Å². The van der Waals surface area contributed by atoms with Crippen LogP contribution in [0.1, 0.15) is 26.3 Å². The molecule has 102 valence electrons. The number of benzene rings is 1. The maximum absolute atomic E-state index is 12.0. The molecule has 20 heavy (non-hydrogen) atoms. The quantitative estimate of drug-likeness (QED) is 0.846. The zero-order chi connectivity index (χ0) is 14.7. The molecule has 0 unspecified atom stereocenters. The van der Waals surface area contributed by atoms with Crippen molar-refractivity contribution in [3.05, 3.63) is 57.8 Å². The smallest absolute Gasteiger partial charge is 0.257 e. The first-order valence-electron chi connectivity index (χ1n) is 5.81. The Bertz CT molecular complexity index is 669. The van der Waals surface area contributed by atoms with Crippen molar-refractivity contribution in [2.45, 2.75) is 6.92 Å². The zero-order valence-electron chi connectivity index (χ0n) is 10.7. The Hall–Kier alpha value is -2.21. The van der Waals surface area contributed by atoms with E-state index in [0.717, 1.165) is 5.56 Å². The number of nitrogens with two attached hydrogens (primary N) is 1. The van der Waals surface area contributed by atoms with E-state index in [9.17, 15) is 9.59 Å². The van der Waals surface area contributed by atoms with E-state index < -0.39 is 5.91 Å². The predicted molar refractivity (Wildman–Crippen MR) is 79.6 cm³/mol. The van der Waals surface area contributed by atoms with Gasteiger partial charge in [-0.25, -0.2) is 4.98 Å². The molecule has 0 saturated heterocycles. The molecule has 0 saturated carbocycles. The lowest BCUT2D eigenvalue weighted by atomic mass is 10.1. The molecule has 0 aliphatic rings. The Morgan fingerprint density at radius 2 is 1.90 bits per heavy atom. The van der Waals surface area contributed by atoms with Gasteiger partial charge in [0.25, 0.3) is 5.91 Å². The van der Waals surface area contributed by atoms with Crippen molar-refractivity contribution in [2.75, 3.05) is 5.32 Å². The molecule has 1 aromatic heterocycles. The van der Waals surface area contributed by atoms with Gasteiger partial charge >= 0.3 is 0 Å². The van der Waals surface area contributed by atoms with Crippen LogP contribution in [0.15, 0.2) is 41.1 Å². The summed E-state index contributed by atoms with van der Waals surface area (Å²) >= 11 is 3.21. The number of carbonyl (C=O) groups is 2. The standard InChI is InChI=1S/C14H12BrN3O2/c1-8-6-9(13(16)19)2-4-11(8)18-14(20)10-3-5-12(15)17-7-10/h2-7H,1H3,(H2,16,19)(H,18,20). The topological polar surface area (TPSA) is 85.1 Å². The minimum atomic E-state index is -0.497. The molecule has 0 radical (unpaired) electrons. The summed E-state index contributed by atoms with van der Waals surface area (Å²) in [6.07, 6.45) is 1.48. The summed E-state index contributed by atoms with van der Waals surface area (Å²) in [4.78, 5) is 27.1. The third-order valence-corrected chi connectivity index (χ3v) is 3.22. The highest BCUT2D eigenvalue weighted by Gasteiger charge is 2.09. The number of nitrogens with zero attached hydrogens (tertiary/aromatic N) is 1. The maximum Gasteiger partial charge on any atom is 0.257 e. The summed E-state index contributed by atoms with van der Waals surface area (Å²) in [5.74, 6) is -0.761. The van der Waals surface area contributed by atoms with Crippen LogP contribution in [0.25, 0.3) is 0 Å². The lowest BCUT2D eigenvalue weighted by molar-refractivity contribution is 0.0998. The number of halogens is 1. The monoisotopic (exact) mass is 333 g/mol. The predicted octanol–water partition coefficient (Wildman–Crippen LogP) is 2.50. The summed E-state index contributed by atoms with van der Waals surface area (Å²) in [5, 5.41) is 2.77. The summed E-state index contributed by atoms with van der Waals surface area (Å²) < 4.78 is 0.663. The Kier molecular flexibility index (Phi) is 4.14. The van der Waals surface area contributed by atoms with Crippen LogP contribution in [0.3, 0.4) is 0 Å². The van der Waals surface area contributed by atoms with E-state index in [-0.39, 0.29) is 5.91 Å². The molecule has 2 rings (SSSR count). The van der Waals surface area contributed by atoms with Gasteiger partial charge in [0.15, 0.2) is 0 Å². The third-order valence-electron chi connectivity index (χ3n) is 2.75. The second kappa shape index (κ2) is 5.83. The zero-order valence-corrected chi connectivity index (χ0v) is 12.3. The molecular formula is C14H12BrN3O2. The van der Waals surface area contributed by atoms with E-state index in [1.165, 1.54) is 6.20 Å². The maximum atomic E-state index is 12.0. The number of hydrogen-bond donors (Lipinski definition) is 2.